The molecule has 0 aromatic heterocycles. The number of nitrogens with one attached hydrogen (secondary N) is 1. The lowest BCUT2D eigenvalue weighted by Gasteiger charge is -2.16. The monoisotopic (exact) mass is 196 g/mol. The molecule has 1 amide bonds. The van der Waals surface area contributed by atoms with E-state index in [4.69, 9.17) is 6.42 Å². The first kappa shape index (κ1) is 13.0. The number of hydrogen-bond acceptors (Lipinski definition) is 2. The van der Waals surface area contributed by atoms with Gasteiger partial charge in [-0.2, -0.15) is 0 Å². The molecule has 14 heavy (non-hydrogen) atoms. The minimum Gasteiger partial charge on any atom is -0.344 e. The van der Waals surface area contributed by atoms with Gasteiger partial charge >= 0.3 is 0 Å². The van der Waals surface area contributed by atoms with E-state index in [0.717, 1.165) is 32.4 Å². The van der Waals surface area contributed by atoms with Crippen LogP contribution in [-0.4, -0.2) is 38.0 Å². The third-order valence-corrected chi connectivity index (χ3v) is 2.08. The largest absolute Gasteiger partial charge is 0.344 e. The number of unbranched alkanes of at least 4 members (excludes halogenated alkanes) is 2. The van der Waals surface area contributed by atoms with Crippen LogP contribution >= 0.6 is 0 Å². The van der Waals surface area contributed by atoms with Crippen LogP contribution in [0.15, 0.2) is 0 Å². The molecule has 0 aromatic carbocycles. The van der Waals surface area contributed by atoms with E-state index in [-0.39, 0.29) is 5.91 Å². The van der Waals surface area contributed by atoms with Gasteiger partial charge in [0.05, 0.1) is 0 Å². The second-order valence-corrected chi connectivity index (χ2v) is 3.33. The summed E-state index contributed by atoms with van der Waals surface area (Å²) >= 11 is 0. The molecular weight excluding hydrogens is 176 g/mol. The Kier molecular flexibility index (Phi) is 7.96. The maximum atomic E-state index is 11.5. The number of nitrogens with zero attached hydrogens (tertiary/aromatic N) is 1. The molecule has 0 saturated heterocycles. The standard InChI is InChI=1S/C11H20N2O/c1-4-5-6-7-8-11(14)13(3)10-9-12-2/h1,12H,5-10H2,2-3H3. The van der Waals surface area contributed by atoms with Crippen LogP contribution in [0.2, 0.25) is 0 Å². The minimum atomic E-state index is 0.206. The molecule has 0 aromatic rings. The van der Waals surface area contributed by atoms with Crippen molar-refractivity contribution in [3.05, 3.63) is 0 Å². The first-order valence-corrected chi connectivity index (χ1v) is 5.04. The summed E-state index contributed by atoms with van der Waals surface area (Å²) in [6, 6.07) is 0. The Bertz CT molecular complexity index is 196. The molecule has 0 rings (SSSR count). The van der Waals surface area contributed by atoms with Gasteiger partial charge in [0.25, 0.3) is 0 Å². The zero-order valence-corrected chi connectivity index (χ0v) is 9.18. The minimum absolute atomic E-state index is 0.206. The number of carbonyl (C=O) groups is 1. The SMILES string of the molecule is C#CCCCCC(=O)N(C)CCNC. The third kappa shape index (κ3) is 6.50. The first-order chi connectivity index (χ1) is 6.72. The van der Waals surface area contributed by atoms with Crippen molar-refractivity contribution in [1.29, 1.82) is 0 Å². The molecule has 0 fully saturated rings. The quantitative estimate of drug-likeness (QED) is 0.484. The number of likely N-dealkylation sites (N-methyl/N-ethyl adjacent to an activating group) is 2. The van der Waals surface area contributed by atoms with E-state index >= 15 is 0 Å². The van der Waals surface area contributed by atoms with E-state index in [9.17, 15) is 4.79 Å². The van der Waals surface area contributed by atoms with Crippen molar-refractivity contribution >= 4 is 5.91 Å². The number of carbonyl (C=O) groups excluding carboxylic acids is 1. The molecule has 0 radical (unpaired) electrons. The van der Waals surface area contributed by atoms with Crippen molar-refractivity contribution in [3.63, 3.8) is 0 Å². The van der Waals surface area contributed by atoms with Gasteiger partial charge in [0, 0.05) is 33.0 Å². The fourth-order valence-corrected chi connectivity index (χ4v) is 1.10. The third-order valence-electron chi connectivity index (χ3n) is 2.08. The summed E-state index contributed by atoms with van der Waals surface area (Å²) in [4.78, 5) is 13.2. The maximum absolute atomic E-state index is 11.5. The zero-order valence-electron chi connectivity index (χ0n) is 9.18. The lowest BCUT2D eigenvalue weighted by molar-refractivity contribution is -0.129. The second kappa shape index (κ2) is 8.58. The molecule has 3 heteroatoms. The Labute approximate surface area is 86.9 Å². The van der Waals surface area contributed by atoms with Gasteiger partial charge in [0.2, 0.25) is 5.91 Å². The van der Waals surface area contributed by atoms with E-state index < -0.39 is 0 Å². The molecule has 0 spiro atoms. The number of amides is 1. The van der Waals surface area contributed by atoms with Crippen molar-refractivity contribution in [2.45, 2.75) is 25.7 Å². The van der Waals surface area contributed by atoms with Crippen LogP contribution in [0, 0.1) is 12.3 Å². The molecule has 0 saturated carbocycles. The van der Waals surface area contributed by atoms with Crippen molar-refractivity contribution in [1.82, 2.24) is 10.2 Å². The average Bonchev–Trinajstić information content (AvgIpc) is 2.20. The Morgan fingerprint density at radius 2 is 2.21 bits per heavy atom. The smallest absolute Gasteiger partial charge is 0.222 e. The molecular formula is C11H20N2O. The van der Waals surface area contributed by atoms with Crippen molar-refractivity contribution in [2.75, 3.05) is 27.2 Å². The number of hydrogen-bond donors (Lipinski definition) is 1. The normalized spacial score (nSPS) is 9.50. The molecule has 0 aliphatic heterocycles. The van der Waals surface area contributed by atoms with Crippen LogP contribution in [0.1, 0.15) is 25.7 Å². The van der Waals surface area contributed by atoms with Crippen LogP contribution < -0.4 is 5.32 Å². The second-order valence-electron chi connectivity index (χ2n) is 3.33. The fraction of sp³-hybridized carbons (Fsp3) is 0.727. The van der Waals surface area contributed by atoms with Gasteiger partial charge in [0.1, 0.15) is 0 Å². The summed E-state index contributed by atoms with van der Waals surface area (Å²) in [6.07, 6.45) is 8.34. The summed E-state index contributed by atoms with van der Waals surface area (Å²) < 4.78 is 0. The average molecular weight is 196 g/mol. The molecule has 80 valence electrons. The highest BCUT2D eigenvalue weighted by atomic mass is 16.2. The van der Waals surface area contributed by atoms with Gasteiger partial charge in [-0.3, -0.25) is 4.79 Å². The predicted molar refractivity (Wildman–Crippen MR) is 58.9 cm³/mol. The zero-order chi connectivity index (χ0) is 10.8. The van der Waals surface area contributed by atoms with E-state index in [1.807, 2.05) is 14.1 Å². The lowest BCUT2D eigenvalue weighted by atomic mass is 10.2. The Morgan fingerprint density at radius 1 is 1.50 bits per heavy atom. The highest BCUT2D eigenvalue weighted by molar-refractivity contribution is 5.75. The summed E-state index contributed by atoms with van der Waals surface area (Å²) in [5.74, 6) is 2.78. The Hall–Kier alpha value is -1.01. The van der Waals surface area contributed by atoms with Crippen LogP contribution in [0.5, 0.6) is 0 Å². The van der Waals surface area contributed by atoms with Gasteiger partial charge in [-0.05, 0) is 19.9 Å². The molecule has 0 heterocycles. The predicted octanol–water partition coefficient (Wildman–Crippen LogP) is 0.858. The number of terminal acetylenes is 1. The fourth-order valence-electron chi connectivity index (χ4n) is 1.10. The van der Waals surface area contributed by atoms with Crippen LogP contribution in [-0.2, 0) is 4.79 Å². The topological polar surface area (TPSA) is 32.3 Å². The van der Waals surface area contributed by atoms with Gasteiger partial charge in [-0.1, -0.05) is 0 Å². The van der Waals surface area contributed by atoms with Gasteiger partial charge in [-0.25, -0.2) is 0 Å². The van der Waals surface area contributed by atoms with Crippen LogP contribution in [0.25, 0.3) is 0 Å². The molecule has 0 bridgehead atoms. The summed E-state index contributed by atoms with van der Waals surface area (Å²) in [5, 5.41) is 3.01. The summed E-state index contributed by atoms with van der Waals surface area (Å²) in [6.45, 7) is 1.61. The van der Waals surface area contributed by atoms with Crippen molar-refractivity contribution in [2.24, 2.45) is 0 Å². The molecule has 0 aliphatic carbocycles. The van der Waals surface area contributed by atoms with Crippen LogP contribution in [0.3, 0.4) is 0 Å². The van der Waals surface area contributed by atoms with E-state index in [0.29, 0.717) is 6.42 Å². The van der Waals surface area contributed by atoms with Gasteiger partial charge in [-0.15, -0.1) is 12.3 Å². The number of rotatable bonds is 7. The summed E-state index contributed by atoms with van der Waals surface area (Å²) in [5.41, 5.74) is 0. The van der Waals surface area contributed by atoms with Crippen molar-refractivity contribution < 1.29 is 4.79 Å². The maximum Gasteiger partial charge on any atom is 0.222 e. The van der Waals surface area contributed by atoms with Crippen molar-refractivity contribution in [3.8, 4) is 12.3 Å². The van der Waals surface area contributed by atoms with Crippen LogP contribution in [0.4, 0.5) is 0 Å². The molecule has 0 aliphatic rings. The molecule has 1 N–H and O–H groups in total. The van der Waals surface area contributed by atoms with Gasteiger partial charge < -0.3 is 10.2 Å². The summed E-state index contributed by atoms with van der Waals surface area (Å²) in [7, 11) is 3.71. The highest BCUT2D eigenvalue weighted by Crippen LogP contribution is 2.01. The van der Waals surface area contributed by atoms with E-state index in [2.05, 4.69) is 11.2 Å². The Morgan fingerprint density at radius 3 is 2.79 bits per heavy atom. The van der Waals surface area contributed by atoms with Gasteiger partial charge in [0.15, 0.2) is 0 Å². The molecule has 3 nitrogen and oxygen atoms in total. The van der Waals surface area contributed by atoms with E-state index in [1.165, 1.54) is 0 Å². The van der Waals surface area contributed by atoms with E-state index in [1.54, 1.807) is 4.90 Å². The Balaban J connectivity index is 3.47. The highest BCUT2D eigenvalue weighted by Gasteiger charge is 2.06. The first-order valence-electron chi connectivity index (χ1n) is 5.04. The lowest BCUT2D eigenvalue weighted by Crippen LogP contribution is -2.32. The molecule has 0 unspecified atom stereocenters. The molecule has 0 atom stereocenters.